The van der Waals surface area contributed by atoms with Gasteiger partial charge in [-0.3, -0.25) is 4.79 Å². The summed E-state index contributed by atoms with van der Waals surface area (Å²) in [4.78, 5) is 18.1. The van der Waals surface area contributed by atoms with Crippen LogP contribution >= 0.6 is 0 Å². The van der Waals surface area contributed by atoms with Crippen molar-refractivity contribution in [1.29, 1.82) is 0 Å². The predicted molar refractivity (Wildman–Crippen MR) is 146 cm³/mol. The highest BCUT2D eigenvalue weighted by molar-refractivity contribution is 6.06. The molecule has 1 aliphatic rings. The Balaban J connectivity index is 1.48. The van der Waals surface area contributed by atoms with E-state index in [0.29, 0.717) is 57.0 Å². The van der Waals surface area contributed by atoms with E-state index in [2.05, 4.69) is 20.7 Å². The number of hydrogen-bond acceptors (Lipinski definition) is 8. The van der Waals surface area contributed by atoms with Crippen molar-refractivity contribution in [2.45, 2.75) is 19.6 Å². The first-order valence-corrected chi connectivity index (χ1v) is 12.4. The minimum absolute atomic E-state index is 0.0271. The van der Waals surface area contributed by atoms with Crippen molar-refractivity contribution in [3.63, 3.8) is 0 Å². The molecule has 4 aromatic rings. The standard InChI is InChI=1S/C29H28FN5O5/c1-17-26(28(36)34-22-11-10-20(37-2)14-24(22)38-3)27(35-29(33-17)31-16-32-35)18-9-12-23(25(13-18)39-4)40-15-19-7-5-6-8-21(19)30/h5-14,16,27H,15H2,1-4H3,(H,34,36)(H,31,32,33). The van der Waals surface area contributed by atoms with Crippen LogP contribution in [0.1, 0.15) is 24.1 Å². The molecule has 10 nitrogen and oxygen atoms in total. The van der Waals surface area contributed by atoms with Crippen molar-refractivity contribution in [2.24, 2.45) is 0 Å². The van der Waals surface area contributed by atoms with E-state index in [-0.39, 0.29) is 18.3 Å². The molecule has 0 aliphatic carbocycles. The molecule has 0 radical (unpaired) electrons. The van der Waals surface area contributed by atoms with Gasteiger partial charge in [-0.1, -0.05) is 24.3 Å². The first-order chi connectivity index (χ1) is 19.4. The van der Waals surface area contributed by atoms with Crippen LogP contribution in [0.15, 0.2) is 78.3 Å². The minimum Gasteiger partial charge on any atom is -0.497 e. The number of nitrogens with one attached hydrogen (secondary N) is 2. The molecule has 0 fully saturated rings. The average Bonchev–Trinajstić information content (AvgIpc) is 3.44. The number of nitrogens with zero attached hydrogens (tertiary/aromatic N) is 3. The van der Waals surface area contributed by atoms with Gasteiger partial charge >= 0.3 is 0 Å². The summed E-state index contributed by atoms with van der Waals surface area (Å²) in [5, 5.41) is 10.5. The number of aromatic nitrogens is 3. The van der Waals surface area contributed by atoms with Gasteiger partial charge in [0.15, 0.2) is 11.5 Å². The number of halogens is 1. The fraction of sp³-hybridized carbons (Fsp3) is 0.207. The van der Waals surface area contributed by atoms with Gasteiger partial charge < -0.3 is 29.6 Å². The Hall–Kier alpha value is -5.06. The topological polar surface area (TPSA) is 109 Å². The van der Waals surface area contributed by atoms with Gasteiger partial charge in [-0.15, -0.1) is 0 Å². The van der Waals surface area contributed by atoms with Gasteiger partial charge in [0, 0.05) is 17.3 Å². The number of ether oxygens (including phenoxy) is 4. The fourth-order valence-corrected chi connectivity index (χ4v) is 4.53. The molecule has 5 rings (SSSR count). The van der Waals surface area contributed by atoms with E-state index in [0.717, 1.165) is 0 Å². The van der Waals surface area contributed by atoms with Crippen molar-refractivity contribution >= 4 is 17.5 Å². The third-order valence-electron chi connectivity index (χ3n) is 6.54. The minimum atomic E-state index is -0.641. The molecule has 2 heterocycles. The van der Waals surface area contributed by atoms with Crippen molar-refractivity contribution < 1.29 is 28.1 Å². The number of methoxy groups -OCH3 is 3. The zero-order chi connectivity index (χ0) is 28.2. The van der Waals surface area contributed by atoms with Crippen LogP contribution in [0, 0.1) is 5.82 Å². The Kier molecular flexibility index (Phi) is 7.54. The quantitative estimate of drug-likeness (QED) is 0.304. The molecule has 2 N–H and O–H groups in total. The average molecular weight is 546 g/mol. The number of amides is 1. The first-order valence-electron chi connectivity index (χ1n) is 12.4. The van der Waals surface area contributed by atoms with Crippen LogP contribution in [0.4, 0.5) is 16.0 Å². The molecule has 1 aromatic heterocycles. The molecule has 1 amide bonds. The van der Waals surface area contributed by atoms with E-state index in [9.17, 15) is 9.18 Å². The predicted octanol–water partition coefficient (Wildman–Crippen LogP) is 4.95. The lowest BCUT2D eigenvalue weighted by molar-refractivity contribution is -0.113. The smallest absolute Gasteiger partial charge is 0.255 e. The first kappa shape index (κ1) is 26.5. The van der Waals surface area contributed by atoms with Crippen LogP contribution in [0.5, 0.6) is 23.0 Å². The molecule has 0 bridgehead atoms. The molecular formula is C29H28FN5O5. The molecule has 206 valence electrons. The SMILES string of the molecule is COc1ccc(NC(=O)C2=C(C)Nc3ncnn3C2c2ccc(OCc3ccccc3F)c(OC)c2)c(OC)c1. The highest BCUT2D eigenvalue weighted by Gasteiger charge is 2.34. The number of benzene rings is 3. The van der Waals surface area contributed by atoms with Crippen molar-refractivity contribution in [1.82, 2.24) is 14.8 Å². The summed E-state index contributed by atoms with van der Waals surface area (Å²) in [6.45, 7) is 1.83. The normalized spacial score (nSPS) is 14.2. The second kappa shape index (κ2) is 11.4. The van der Waals surface area contributed by atoms with Gasteiger partial charge in [0.2, 0.25) is 5.95 Å². The summed E-state index contributed by atoms with van der Waals surface area (Å²) in [7, 11) is 4.59. The van der Waals surface area contributed by atoms with Crippen molar-refractivity contribution in [3.8, 4) is 23.0 Å². The number of allylic oxidation sites excluding steroid dienone is 1. The Morgan fingerprint density at radius 2 is 1.80 bits per heavy atom. The summed E-state index contributed by atoms with van der Waals surface area (Å²) in [6, 6.07) is 16.2. The summed E-state index contributed by atoms with van der Waals surface area (Å²) in [5.74, 6) is 1.67. The van der Waals surface area contributed by atoms with E-state index in [4.69, 9.17) is 18.9 Å². The Morgan fingerprint density at radius 1 is 1.00 bits per heavy atom. The van der Waals surface area contributed by atoms with Crippen LogP contribution in [0.3, 0.4) is 0 Å². The van der Waals surface area contributed by atoms with Crippen molar-refractivity contribution in [3.05, 3.63) is 95.2 Å². The molecule has 0 spiro atoms. The maximum Gasteiger partial charge on any atom is 0.255 e. The lowest BCUT2D eigenvalue weighted by Gasteiger charge is -2.29. The Bertz CT molecular complexity index is 1580. The summed E-state index contributed by atoms with van der Waals surface area (Å²) in [5.41, 5.74) is 2.62. The molecule has 1 unspecified atom stereocenters. The van der Waals surface area contributed by atoms with E-state index >= 15 is 0 Å². The molecule has 11 heteroatoms. The second-order valence-electron chi connectivity index (χ2n) is 8.91. The van der Waals surface area contributed by atoms with Gasteiger partial charge in [0.1, 0.15) is 36.3 Å². The van der Waals surface area contributed by atoms with Gasteiger partial charge in [-0.2, -0.15) is 10.1 Å². The zero-order valence-corrected chi connectivity index (χ0v) is 22.4. The van der Waals surface area contributed by atoms with Gasteiger partial charge in [0.05, 0.1) is 32.6 Å². The molecule has 40 heavy (non-hydrogen) atoms. The molecule has 1 atom stereocenters. The lowest BCUT2D eigenvalue weighted by atomic mass is 9.94. The maximum atomic E-state index is 14.1. The third-order valence-corrected chi connectivity index (χ3v) is 6.54. The number of carbonyl (C=O) groups is 1. The van der Waals surface area contributed by atoms with Gasteiger partial charge in [0.25, 0.3) is 5.91 Å². The maximum absolute atomic E-state index is 14.1. The summed E-state index contributed by atoms with van der Waals surface area (Å²) < 4.78 is 37.9. The monoisotopic (exact) mass is 545 g/mol. The van der Waals surface area contributed by atoms with Gasteiger partial charge in [-0.25, -0.2) is 9.07 Å². The summed E-state index contributed by atoms with van der Waals surface area (Å²) >= 11 is 0. The number of anilines is 2. The van der Waals surface area contributed by atoms with Crippen LogP contribution in [0.25, 0.3) is 0 Å². The largest absolute Gasteiger partial charge is 0.497 e. The molecule has 3 aromatic carbocycles. The molecule has 0 saturated carbocycles. The lowest BCUT2D eigenvalue weighted by Crippen LogP contribution is -2.31. The van der Waals surface area contributed by atoms with Crippen LogP contribution in [-0.4, -0.2) is 42.0 Å². The summed E-state index contributed by atoms with van der Waals surface area (Å²) in [6.07, 6.45) is 1.42. The number of carbonyl (C=O) groups excluding carboxylic acids is 1. The van der Waals surface area contributed by atoms with Crippen molar-refractivity contribution in [2.75, 3.05) is 32.0 Å². The zero-order valence-electron chi connectivity index (χ0n) is 22.4. The van der Waals surface area contributed by atoms with E-state index in [1.54, 1.807) is 67.2 Å². The van der Waals surface area contributed by atoms with E-state index < -0.39 is 6.04 Å². The Morgan fingerprint density at radius 3 is 2.55 bits per heavy atom. The highest BCUT2D eigenvalue weighted by atomic mass is 19.1. The number of fused-ring (bicyclic) bond motifs is 1. The highest BCUT2D eigenvalue weighted by Crippen LogP contribution is 2.39. The fourth-order valence-electron chi connectivity index (χ4n) is 4.53. The number of hydrogen-bond donors (Lipinski definition) is 2. The van der Waals surface area contributed by atoms with Crippen LogP contribution in [0.2, 0.25) is 0 Å². The van der Waals surface area contributed by atoms with Crippen LogP contribution in [-0.2, 0) is 11.4 Å². The van der Waals surface area contributed by atoms with Gasteiger partial charge in [-0.05, 0) is 42.8 Å². The second-order valence-corrected chi connectivity index (χ2v) is 8.91. The van der Waals surface area contributed by atoms with Crippen LogP contribution < -0.4 is 29.6 Å². The Labute approximate surface area is 230 Å². The van der Waals surface area contributed by atoms with E-state index in [1.165, 1.54) is 26.6 Å². The molecular weight excluding hydrogens is 517 g/mol. The number of rotatable bonds is 9. The molecule has 1 aliphatic heterocycles. The third kappa shape index (κ3) is 5.13. The van der Waals surface area contributed by atoms with E-state index in [1.807, 2.05) is 6.07 Å². The molecule has 0 saturated heterocycles.